The van der Waals surface area contributed by atoms with E-state index in [4.69, 9.17) is 4.52 Å². The quantitative estimate of drug-likeness (QED) is 0.443. The second kappa shape index (κ2) is 7.40. The maximum Gasteiger partial charge on any atom is 0.279 e. The van der Waals surface area contributed by atoms with Crippen molar-refractivity contribution in [3.8, 4) is 28.7 Å². The molecule has 0 atom stereocenters. The molecule has 0 saturated carbocycles. The van der Waals surface area contributed by atoms with Gasteiger partial charge in [0.15, 0.2) is 5.69 Å². The fourth-order valence-corrected chi connectivity index (χ4v) is 3.42. The first-order valence-corrected chi connectivity index (χ1v) is 9.75. The third-order valence-electron chi connectivity index (χ3n) is 5.05. The van der Waals surface area contributed by atoms with E-state index < -0.39 is 0 Å². The molecule has 2 aromatic heterocycles. The highest BCUT2D eigenvalue weighted by Gasteiger charge is 2.18. The number of rotatable bonds is 4. The molecule has 3 aromatic carbocycles. The average molecular weight is 394 g/mol. The SMILES string of the molecule is CCc1ccc(-n2nc(-c3nc(-c4ccccc4)no3)c3ccccc3c2=O)cc1. The van der Waals surface area contributed by atoms with Crippen molar-refractivity contribution in [2.75, 3.05) is 0 Å². The van der Waals surface area contributed by atoms with Crippen molar-refractivity contribution in [1.82, 2.24) is 19.9 Å². The van der Waals surface area contributed by atoms with Crippen LogP contribution in [-0.4, -0.2) is 19.9 Å². The first-order valence-electron chi connectivity index (χ1n) is 9.75. The summed E-state index contributed by atoms with van der Waals surface area (Å²) in [5.41, 5.74) is 3.00. The van der Waals surface area contributed by atoms with Crippen LogP contribution in [0.3, 0.4) is 0 Å². The van der Waals surface area contributed by atoms with E-state index in [-0.39, 0.29) is 11.4 Å². The Balaban J connectivity index is 1.71. The maximum absolute atomic E-state index is 13.1. The van der Waals surface area contributed by atoms with Crippen molar-refractivity contribution in [3.63, 3.8) is 0 Å². The van der Waals surface area contributed by atoms with Crippen LogP contribution in [0.4, 0.5) is 0 Å². The number of hydrogen-bond donors (Lipinski definition) is 0. The molecular weight excluding hydrogens is 376 g/mol. The molecule has 30 heavy (non-hydrogen) atoms. The Morgan fingerprint density at radius 2 is 1.57 bits per heavy atom. The molecule has 2 heterocycles. The van der Waals surface area contributed by atoms with Gasteiger partial charge in [0, 0.05) is 10.9 Å². The Kier molecular flexibility index (Phi) is 4.44. The number of hydrogen-bond acceptors (Lipinski definition) is 5. The lowest BCUT2D eigenvalue weighted by molar-refractivity contribution is 0.430. The molecule has 0 unspecified atom stereocenters. The van der Waals surface area contributed by atoms with Crippen LogP contribution in [0, 0.1) is 0 Å². The molecule has 0 fully saturated rings. The fraction of sp³-hybridized carbons (Fsp3) is 0.0833. The second-order valence-corrected chi connectivity index (χ2v) is 6.92. The van der Waals surface area contributed by atoms with Crippen molar-refractivity contribution in [1.29, 1.82) is 0 Å². The van der Waals surface area contributed by atoms with Gasteiger partial charge in [0.1, 0.15) is 0 Å². The average Bonchev–Trinajstić information content (AvgIpc) is 3.30. The highest BCUT2D eigenvalue weighted by molar-refractivity contribution is 5.92. The van der Waals surface area contributed by atoms with Gasteiger partial charge >= 0.3 is 0 Å². The molecule has 6 heteroatoms. The molecule has 0 aliphatic carbocycles. The van der Waals surface area contributed by atoms with Crippen molar-refractivity contribution in [2.45, 2.75) is 13.3 Å². The van der Waals surface area contributed by atoms with Gasteiger partial charge in [0.2, 0.25) is 5.82 Å². The Labute approximate surface area is 172 Å². The van der Waals surface area contributed by atoms with E-state index >= 15 is 0 Å². The van der Waals surface area contributed by atoms with E-state index in [0.29, 0.717) is 28.0 Å². The zero-order valence-electron chi connectivity index (χ0n) is 16.3. The Morgan fingerprint density at radius 1 is 0.867 bits per heavy atom. The summed E-state index contributed by atoms with van der Waals surface area (Å²) in [6.07, 6.45) is 0.926. The molecular formula is C24H18N4O2. The Hall–Kier alpha value is -4.06. The summed E-state index contributed by atoms with van der Waals surface area (Å²) in [4.78, 5) is 17.7. The van der Waals surface area contributed by atoms with Crippen LogP contribution in [0.1, 0.15) is 12.5 Å². The van der Waals surface area contributed by atoms with Crippen molar-refractivity contribution in [3.05, 3.63) is 94.8 Å². The predicted octanol–water partition coefficient (Wildman–Crippen LogP) is 4.67. The molecule has 0 radical (unpaired) electrons. The van der Waals surface area contributed by atoms with Gasteiger partial charge in [-0.1, -0.05) is 72.7 Å². The highest BCUT2D eigenvalue weighted by Crippen LogP contribution is 2.26. The third kappa shape index (κ3) is 3.08. The van der Waals surface area contributed by atoms with Gasteiger partial charge in [-0.2, -0.15) is 14.8 Å². The fourth-order valence-electron chi connectivity index (χ4n) is 3.42. The number of benzene rings is 3. The molecule has 0 N–H and O–H groups in total. The van der Waals surface area contributed by atoms with Crippen LogP contribution in [0.5, 0.6) is 0 Å². The molecule has 0 aliphatic heterocycles. The highest BCUT2D eigenvalue weighted by atomic mass is 16.5. The molecule has 0 aliphatic rings. The monoisotopic (exact) mass is 394 g/mol. The first-order chi connectivity index (χ1) is 14.7. The van der Waals surface area contributed by atoms with E-state index in [1.165, 1.54) is 10.2 Å². The maximum atomic E-state index is 13.1. The van der Waals surface area contributed by atoms with Gasteiger partial charge in [-0.3, -0.25) is 4.79 Å². The topological polar surface area (TPSA) is 73.8 Å². The van der Waals surface area contributed by atoms with Crippen LogP contribution in [0.25, 0.3) is 39.4 Å². The smallest absolute Gasteiger partial charge is 0.279 e. The molecule has 0 bridgehead atoms. The summed E-state index contributed by atoms with van der Waals surface area (Å²) in [5, 5.41) is 9.93. The summed E-state index contributed by atoms with van der Waals surface area (Å²) >= 11 is 0. The van der Waals surface area contributed by atoms with Gasteiger partial charge in [0.25, 0.3) is 11.4 Å². The lowest BCUT2D eigenvalue weighted by Gasteiger charge is -2.09. The van der Waals surface area contributed by atoms with Gasteiger partial charge in [-0.25, -0.2) is 0 Å². The van der Waals surface area contributed by atoms with Gasteiger partial charge < -0.3 is 4.52 Å². The first kappa shape index (κ1) is 18.0. The molecule has 146 valence electrons. The van der Waals surface area contributed by atoms with E-state index in [0.717, 1.165) is 12.0 Å². The van der Waals surface area contributed by atoms with Crippen LogP contribution in [-0.2, 0) is 6.42 Å². The number of nitrogens with zero attached hydrogens (tertiary/aromatic N) is 4. The van der Waals surface area contributed by atoms with Crippen LogP contribution < -0.4 is 5.56 Å². The molecule has 0 spiro atoms. The summed E-state index contributed by atoms with van der Waals surface area (Å²) < 4.78 is 6.93. The molecule has 5 aromatic rings. The summed E-state index contributed by atoms with van der Waals surface area (Å²) in [5.74, 6) is 0.741. The van der Waals surface area contributed by atoms with Gasteiger partial charge in [0.05, 0.1) is 11.1 Å². The van der Waals surface area contributed by atoms with E-state index in [1.54, 1.807) is 6.07 Å². The summed E-state index contributed by atoms with van der Waals surface area (Å²) in [6, 6.07) is 24.7. The number of aromatic nitrogens is 4. The second-order valence-electron chi connectivity index (χ2n) is 6.92. The van der Waals surface area contributed by atoms with Crippen LogP contribution in [0.2, 0.25) is 0 Å². The zero-order chi connectivity index (χ0) is 20.5. The van der Waals surface area contributed by atoms with Gasteiger partial charge in [-0.05, 0) is 30.2 Å². The van der Waals surface area contributed by atoms with Crippen molar-refractivity contribution < 1.29 is 4.52 Å². The van der Waals surface area contributed by atoms with E-state index in [2.05, 4.69) is 22.2 Å². The number of fused-ring (bicyclic) bond motifs is 1. The van der Waals surface area contributed by atoms with Gasteiger partial charge in [-0.15, -0.1) is 0 Å². The molecule has 5 rings (SSSR count). The summed E-state index contributed by atoms with van der Waals surface area (Å²) in [6.45, 7) is 2.09. The Bertz CT molecular complexity index is 1390. The third-order valence-corrected chi connectivity index (χ3v) is 5.05. The van der Waals surface area contributed by atoms with E-state index in [1.807, 2.05) is 72.8 Å². The minimum Gasteiger partial charge on any atom is -0.332 e. The molecule has 6 nitrogen and oxygen atoms in total. The normalized spacial score (nSPS) is 11.1. The van der Waals surface area contributed by atoms with Crippen LogP contribution >= 0.6 is 0 Å². The minimum atomic E-state index is -0.193. The number of aryl methyl sites for hydroxylation is 1. The molecule has 0 saturated heterocycles. The van der Waals surface area contributed by atoms with E-state index in [9.17, 15) is 4.79 Å². The van der Waals surface area contributed by atoms with Crippen molar-refractivity contribution >= 4 is 10.8 Å². The molecule has 0 amide bonds. The van der Waals surface area contributed by atoms with Crippen LogP contribution in [0.15, 0.2) is 88.2 Å². The standard InChI is InChI=1S/C24H18N4O2/c1-2-16-12-14-18(15-13-16)28-24(29)20-11-7-6-10-19(20)21(26-28)23-25-22(27-30-23)17-8-4-3-5-9-17/h3-15H,2H2,1H3. The van der Waals surface area contributed by atoms with Crippen molar-refractivity contribution in [2.24, 2.45) is 0 Å². The predicted molar refractivity (Wildman–Crippen MR) is 115 cm³/mol. The lowest BCUT2D eigenvalue weighted by Crippen LogP contribution is -2.22. The lowest BCUT2D eigenvalue weighted by atomic mass is 10.1. The minimum absolute atomic E-state index is 0.193. The zero-order valence-corrected chi connectivity index (χ0v) is 16.3. The summed E-state index contributed by atoms with van der Waals surface area (Å²) in [7, 11) is 0. The largest absolute Gasteiger partial charge is 0.332 e. The Morgan fingerprint density at radius 3 is 2.30 bits per heavy atom.